The number of rotatable bonds is 8. The lowest BCUT2D eigenvalue weighted by molar-refractivity contribution is -0.704. The Morgan fingerprint density at radius 2 is 0.676 bits per heavy atom. The second kappa shape index (κ2) is 16.7. The summed E-state index contributed by atoms with van der Waals surface area (Å²) in [5.74, 6) is 0. The Morgan fingerprint density at radius 3 is 1.03 bits per heavy atom. The van der Waals surface area contributed by atoms with Crippen LogP contribution in [-0.4, -0.2) is 19.9 Å². The summed E-state index contributed by atoms with van der Waals surface area (Å²) in [5, 5.41) is 4.88. The normalized spacial score (nSPS) is 13.9. The summed E-state index contributed by atoms with van der Waals surface area (Å²) in [5.41, 5.74) is 22.3. The van der Waals surface area contributed by atoms with E-state index >= 15 is 0 Å². The average molecular weight is 879 g/mol. The third-order valence-corrected chi connectivity index (χ3v) is 14.1. The number of fused-ring (bicyclic) bond motifs is 9. The Hall–Kier alpha value is -8.48. The van der Waals surface area contributed by atoms with Gasteiger partial charge in [0.1, 0.15) is 0 Å². The van der Waals surface area contributed by atoms with E-state index in [9.17, 15) is 0 Å². The molecule has 13 rings (SSSR count). The lowest BCUT2D eigenvalue weighted by atomic mass is 9.88. The van der Waals surface area contributed by atoms with Crippen LogP contribution in [0.15, 0.2) is 158 Å². The summed E-state index contributed by atoms with van der Waals surface area (Å²) in [4.78, 5) is 14.4. The van der Waals surface area contributed by atoms with Crippen molar-refractivity contribution in [3.8, 4) is 0 Å². The van der Waals surface area contributed by atoms with Gasteiger partial charge in [-0.25, -0.2) is 0 Å². The molecule has 2 aliphatic heterocycles. The third-order valence-electron chi connectivity index (χ3n) is 14.1. The zero-order chi connectivity index (χ0) is 45.0. The summed E-state index contributed by atoms with van der Waals surface area (Å²) in [6, 6.07) is 57.3. The Kier molecular flexibility index (Phi) is 9.81. The highest BCUT2D eigenvalue weighted by atomic mass is 15.0. The van der Waals surface area contributed by atoms with Gasteiger partial charge < -0.3 is 19.9 Å². The van der Waals surface area contributed by atoms with Crippen molar-refractivity contribution < 1.29 is 9.13 Å². The zero-order valence-corrected chi connectivity index (χ0v) is 37.8. The van der Waals surface area contributed by atoms with Crippen LogP contribution in [0, 0.1) is 0 Å². The first-order chi connectivity index (χ1) is 33.6. The van der Waals surface area contributed by atoms with Crippen molar-refractivity contribution in [1.29, 1.82) is 0 Å². The number of aromatic amines is 4. The Labute approximate surface area is 395 Å². The van der Waals surface area contributed by atoms with Crippen molar-refractivity contribution in [1.82, 2.24) is 19.9 Å². The smallest absolute Gasteiger partial charge is 0.206 e. The first kappa shape index (κ1) is 39.8. The molecule has 5 aromatic carbocycles. The molecule has 68 heavy (non-hydrogen) atoms. The highest BCUT2D eigenvalue weighted by molar-refractivity contribution is 5.87. The Balaban J connectivity index is 0.892. The molecule has 2 aliphatic rings. The molecule has 0 radical (unpaired) electrons. The van der Waals surface area contributed by atoms with Crippen LogP contribution in [0.2, 0.25) is 0 Å². The summed E-state index contributed by atoms with van der Waals surface area (Å²) in [7, 11) is 0. The molecule has 6 nitrogen and oxygen atoms in total. The van der Waals surface area contributed by atoms with Gasteiger partial charge in [0.2, 0.25) is 11.4 Å². The summed E-state index contributed by atoms with van der Waals surface area (Å²) in [6.07, 6.45) is 21.7. The second-order valence-electron chi connectivity index (χ2n) is 18.5. The Bertz CT molecular complexity index is 3490. The molecule has 0 unspecified atom stereocenters. The minimum absolute atomic E-state index is 0.868. The van der Waals surface area contributed by atoms with E-state index in [1.54, 1.807) is 0 Å². The zero-order valence-electron chi connectivity index (χ0n) is 37.8. The molecule has 0 atom stereocenters. The van der Waals surface area contributed by atoms with Crippen molar-refractivity contribution in [2.24, 2.45) is 0 Å². The van der Waals surface area contributed by atoms with Gasteiger partial charge in [0.15, 0.2) is 24.5 Å². The number of aryl methyl sites for hydroxylation is 2. The number of benzene rings is 5. The van der Waals surface area contributed by atoms with E-state index in [0.717, 1.165) is 83.6 Å². The van der Waals surface area contributed by atoms with Gasteiger partial charge in [-0.05, 0) is 128 Å². The minimum atomic E-state index is 0.868. The van der Waals surface area contributed by atoms with Crippen LogP contribution in [-0.2, 0) is 38.8 Å². The summed E-state index contributed by atoms with van der Waals surface area (Å²) < 4.78 is 5.12. The van der Waals surface area contributed by atoms with Crippen molar-refractivity contribution in [2.75, 3.05) is 0 Å². The molecule has 0 saturated heterocycles. The minimum Gasteiger partial charge on any atom is -0.355 e. The van der Waals surface area contributed by atoms with E-state index in [1.165, 1.54) is 77.7 Å². The maximum absolute atomic E-state index is 3.62. The van der Waals surface area contributed by atoms with Crippen molar-refractivity contribution in [2.45, 2.75) is 38.8 Å². The van der Waals surface area contributed by atoms with E-state index < -0.39 is 0 Å². The standard InChI is InChI=1S/C62H48N6/c1-5-13-59-45(9-1)35-49(63-59)21-17-41-31-53(25-23-51-37-47-11-3-7-15-61(47)65-51)67-29-27-43-19-20-44-28-30-68-54(26-24-52-38-48-12-4-8-16-62(48)66-52)32-42(18-22-50-36-46-10-2-6-14-60(46)64-50)34-56(68)40-58(44)57(43)39-55(67)33-41/h1-26,31-38H,27-30,39-40H2,(H2,63,64,65,66)/p+2. The number of aromatic nitrogens is 6. The maximum atomic E-state index is 3.62. The van der Waals surface area contributed by atoms with Crippen LogP contribution in [0.5, 0.6) is 0 Å². The fourth-order valence-corrected chi connectivity index (χ4v) is 10.8. The molecule has 8 heterocycles. The average Bonchev–Trinajstić information content (AvgIpc) is 4.14. The van der Waals surface area contributed by atoms with Crippen molar-refractivity contribution in [3.63, 3.8) is 0 Å². The van der Waals surface area contributed by atoms with E-state index in [0.29, 0.717) is 0 Å². The predicted octanol–water partition coefficient (Wildman–Crippen LogP) is 13.2. The lowest BCUT2D eigenvalue weighted by Gasteiger charge is -2.13. The summed E-state index contributed by atoms with van der Waals surface area (Å²) >= 11 is 0. The number of nitrogens with zero attached hydrogens (tertiary/aromatic N) is 2. The van der Waals surface area contributed by atoms with Crippen LogP contribution in [0.4, 0.5) is 0 Å². The van der Waals surface area contributed by atoms with Crippen molar-refractivity contribution >= 4 is 92.2 Å². The molecule has 11 aromatic rings. The van der Waals surface area contributed by atoms with Gasteiger partial charge in [-0.15, -0.1) is 0 Å². The van der Waals surface area contributed by atoms with Crippen LogP contribution in [0.3, 0.4) is 0 Å². The molecular formula is C62H50N6+2. The van der Waals surface area contributed by atoms with E-state index in [4.69, 9.17) is 0 Å². The Morgan fingerprint density at radius 1 is 0.338 bits per heavy atom. The van der Waals surface area contributed by atoms with Crippen molar-refractivity contribution in [3.05, 3.63) is 237 Å². The van der Waals surface area contributed by atoms with Crippen LogP contribution in [0.25, 0.3) is 92.2 Å². The molecule has 0 saturated carbocycles. The van der Waals surface area contributed by atoms with Gasteiger partial charge in [-0.1, -0.05) is 97.1 Å². The second-order valence-corrected chi connectivity index (χ2v) is 18.5. The van der Waals surface area contributed by atoms with Gasteiger partial charge in [-0.2, -0.15) is 9.13 Å². The third kappa shape index (κ3) is 7.70. The van der Waals surface area contributed by atoms with E-state index in [-0.39, 0.29) is 0 Å². The van der Waals surface area contributed by atoms with Crippen LogP contribution in [0.1, 0.15) is 78.9 Å². The van der Waals surface area contributed by atoms with E-state index in [2.05, 4.69) is 235 Å². The molecule has 6 aromatic heterocycles. The molecule has 4 N–H and O–H groups in total. The topological polar surface area (TPSA) is 70.9 Å². The molecule has 0 spiro atoms. The number of H-pyrrole nitrogens is 4. The quantitative estimate of drug-likeness (QED) is 0.110. The van der Waals surface area contributed by atoms with Gasteiger partial charge in [-0.3, -0.25) is 0 Å². The van der Waals surface area contributed by atoms with Gasteiger partial charge >= 0.3 is 0 Å². The largest absolute Gasteiger partial charge is 0.355 e. The fourth-order valence-electron chi connectivity index (χ4n) is 10.8. The first-order valence-corrected chi connectivity index (χ1v) is 23.9. The number of hydrogen-bond donors (Lipinski definition) is 4. The number of pyridine rings is 2. The van der Waals surface area contributed by atoms with Gasteiger partial charge in [0, 0.05) is 94.1 Å². The number of hydrogen-bond acceptors (Lipinski definition) is 0. The highest BCUT2D eigenvalue weighted by Gasteiger charge is 2.30. The fraction of sp³-hybridized carbons (Fsp3) is 0.0968. The molecule has 0 fully saturated rings. The number of nitrogens with one attached hydrogen (secondary N) is 4. The SMILES string of the molecule is C(=C\c1cc2ccccc2[nH]1)/c1cc(/C=C/c2cc3ccccc3[nH]2)[n+]2c(c1)Cc1c(ccc3c1Cc1cc(/C=C/c4cc5ccccc5[nH]4)cc(/C=C/c4cc5ccccc5[nH]4)[n+]1CC3)CC2. The lowest BCUT2D eigenvalue weighted by Crippen LogP contribution is -2.41. The molecule has 326 valence electrons. The molecular weight excluding hydrogens is 829 g/mol. The molecule has 0 aliphatic carbocycles. The molecule has 0 amide bonds. The van der Waals surface area contributed by atoms with Gasteiger partial charge in [0.05, 0.1) is 12.8 Å². The monoisotopic (exact) mass is 878 g/mol. The molecule has 6 heteroatoms. The number of para-hydroxylation sites is 4. The first-order valence-electron chi connectivity index (χ1n) is 23.9. The van der Waals surface area contributed by atoms with E-state index in [1.807, 2.05) is 0 Å². The predicted molar refractivity (Wildman–Crippen MR) is 282 cm³/mol. The highest BCUT2D eigenvalue weighted by Crippen LogP contribution is 2.31. The van der Waals surface area contributed by atoms with Crippen LogP contribution >= 0.6 is 0 Å². The molecule has 0 bridgehead atoms. The summed E-state index contributed by atoms with van der Waals surface area (Å²) in [6.45, 7) is 1.83. The van der Waals surface area contributed by atoms with Gasteiger partial charge in [0.25, 0.3) is 0 Å². The maximum Gasteiger partial charge on any atom is 0.206 e. The van der Waals surface area contributed by atoms with Crippen LogP contribution < -0.4 is 9.13 Å².